The fourth-order valence-corrected chi connectivity index (χ4v) is 4.68. The van der Waals surface area contributed by atoms with Crippen LogP contribution in [0.3, 0.4) is 0 Å². The van der Waals surface area contributed by atoms with E-state index in [0.717, 1.165) is 16.7 Å². The summed E-state index contributed by atoms with van der Waals surface area (Å²) in [5.41, 5.74) is 1.55. The summed E-state index contributed by atoms with van der Waals surface area (Å²) >= 11 is 4.10. The van der Waals surface area contributed by atoms with Crippen LogP contribution in [0.4, 0.5) is 14.9 Å². The Morgan fingerprint density at radius 2 is 1.81 bits per heavy atom. The van der Waals surface area contributed by atoms with Crippen LogP contribution in [0.15, 0.2) is 76.1 Å². The fraction of sp³-hybridized carbons (Fsp3) is 0.148. The number of nitrogens with one attached hydrogen (secondary N) is 1. The van der Waals surface area contributed by atoms with Crippen LogP contribution >= 0.6 is 27.7 Å². The van der Waals surface area contributed by atoms with Crippen LogP contribution in [0, 0.1) is 5.82 Å². The first-order valence-corrected chi connectivity index (χ1v) is 12.9. The Balaban J connectivity index is 1.46. The maximum absolute atomic E-state index is 13.9. The average Bonchev–Trinajstić information content (AvgIpc) is 3.13. The number of thioether (sulfide) groups is 1. The molecule has 0 radical (unpaired) electrons. The van der Waals surface area contributed by atoms with Gasteiger partial charge in [-0.05, 0) is 76.6 Å². The lowest BCUT2D eigenvalue weighted by Gasteiger charge is -2.13. The first-order chi connectivity index (χ1) is 17.9. The monoisotopic (exact) mass is 584 g/mol. The molecule has 0 aliphatic carbocycles. The second-order valence-corrected chi connectivity index (χ2v) is 9.66. The summed E-state index contributed by atoms with van der Waals surface area (Å²) in [5.74, 6) is -0.586. The normalized spacial score (nSPS) is 14.2. The van der Waals surface area contributed by atoms with E-state index in [1.165, 1.54) is 6.07 Å². The fourth-order valence-electron chi connectivity index (χ4n) is 3.46. The van der Waals surface area contributed by atoms with E-state index in [-0.39, 0.29) is 17.3 Å². The molecular weight excluding hydrogens is 563 g/mol. The largest absolute Gasteiger partial charge is 0.490 e. The summed E-state index contributed by atoms with van der Waals surface area (Å²) in [7, 11) is 0. The molecule has 0 bridgehead atoms. The van der Waals surface area contributed by atoms with Crippen molar-refractivity contribution in [3.05, 3.63) is 93.1 Å². The van der Waals surface area contributed by atoms with E-state index in [9.17, 15) is 18.8 Å². The molecule has 7 nitrogen and oxygen atoms in total. The molecule has 37 heavy (non-hydrogen) atoms. The molecule has 1 aliphatic rings. The van der Waals surface area contributed by atoms with Crippen molar-refractivity contribution in [1.82, 2.24) is 4.90 Å². The molecule has 1 N–H and O–H groups in total. The molecule has 1 fully saturated rings. The van der Waals surface area contributed by atoms with Gasteiger partial charge in [0.15, 0.2) is 11.5 Å². The van der Waals surface area contributed by atoms with Gasteiger partial charge in [-0.25, -0.2) is 4.39 Å². The summed E-state index contributed by atoms with van der Waals surface area (Å²) < 4.78 is 26.1. The maximum atomic E-state index is 13.9. The highest BCUT2D eigenvalue weighted by atomic mass is 79.9. The van der Waals surface area contributed by atoms with E-state index in [4.69, 9.17) is 9.47 Å². The standard InChI is InChI=1S/C27H22BrFN2O5S/c1-2-35-23-13-17(11-12-22(23)36-16-18-7-3-5-9-20(18)29)14-24-26(33)31(27(34)37-24)15-25(32)30-21-10-6-4-8-19(21)28/h3-14H,2,15-16H2,1H3,(H,30,32)/b24-14+. The lowest BCUT2D eigenvalue weighted by atomic mass is 10.1. The number of nitrogens with zero attached hydrogens (tertiary/aromatic N) is 1. The Bertz CT molecular complexity index is 1380. The van der Waals surface area contributed by atoms with E-state index in [1.807, 2.05) is 6.92 Å². The number of rotatable bonds is 9. The number of imide groups is 1. The minimum atomic E-state index is -0.560. The third-order valence-corrected chi connectivity index (χ3v) is 6.83. The summed E-state index contributed by atoms with van der Waals surface area (Å²) in [6.45, 7) is 1.79. The number of amides is 3. The summed E-state index contributed by atoms with van der Waals surface area (Å²) in [6.07, 6.45) is 1.56. The lowest BCUT2D eigenvalue weighted by Crippen LogP contribution is -2.36. The summed E-state index contributed by atoms with van der Waals surface area (Å²) in [4.78, 5) is 38.9. The van der Waals surface area contributed by atoms with Gasteiger partial charge in [0.1, 0.15) is 19.0 Å². The SMILES string of the molecule is CCOc1cc(/C=C2/SC(=O)N(CC(=O)Nc3ccccc3Br)C2=O)ccc1OCc1ccccc1F. The van der Waals surface area contributed by atoms with Crippen LogP contribution in [-0.2, 0) is 16.2 Å². The number of halogens is 2. The van der Waals surface area contributed by atoms with Gasteiger partial charge in [-0.15, -0.1) is 0 Å². The summed E-state index contributed by atoms with van der Waals surface area (Å²) in [5, 5.41) is 2.15. The quantitative estimate of drug-likeness (QED) is 0.300. The van der Waals surface area contributed by atoms with E-state index in [2.05, 4.69) is 21.2 Å². The molecule has 3 aromatic carbocycles. The second-order valence-electron chi connectivity index (χ2n) is 7.82. The van der Waals surface area contributed by atoms with E-state index in [0.29, 0.717) is 39.4 Å². The molecule has 0 saturated carbocycles. The van der Waals surface area contributed by atoms with Crippen molar-refractivity contribution in [1.29, 1.82) is 0 Å². The van der Waals surface area contributed by atoms with Crippen molar-refractivity contribution in [2.75, 3.05) is 18.5 Å². The van der Waals surface area contributed by atoms with Crippen LogP contribution in [0.5, 0.6) is 11.5 Å². The molecule has 0 unspecified atom stereocenters. The number of hydrogen-bond acceptors (Lipinski definition) is 6. The third-order valence-electron chi connectivity index (χ3n) is 5.23. The molecular formula is C27H22BrFN2O5S. The van der Waals surface area contributed by atoms with E-state index >= 15 is 0 Å². The number of carbonyl (C=O) groups excluding carboxylic acids is 3. The highest BCUT2D eigenvalue weighted by Gasteiger charge is 2.36. The molecule has 1 aliphatic heterocycles. The molecule has 190 valence electrons. The van der Waals surface area contributed by atoms with Crippen molar-refractivity contribution < 1.29 is 28.2 Å². The number of anilines is 1. The zero-order valence-corrected chi connectivity index (χ0v) is 22.1. The smallest absolute Gasteiger partial charge is 0.294 e. The molecule has 3 aromatic rings. The van der Waals surface area contributed by atoms with Crippen LogP contribution in [0.2, 0.25) is 0 Å². The van der Waals surface area contributed by atoms with Gasteiger partial charge in [-0.3, -0.25) is 19.3 Å². The molecule has 1 heterocycles. The first-order valence-electron chi connectivity index (χ1n) is 11.3. The zero-order chi connectivity index (χ0) is 26.4. The minimum absolute atomic E-state index is 0.0204. The maximum Gasteiger partial charge on any atom is 0.294 e. The van der Waals surface area contributed by atoms with Crippen molar-refractivity contribution in [2.45, 2.75) is 13.5 Å². The highest BCUT2D eigenvalue weighted by Crippen LogP contribution is 2.35. The van der Waals surface area contributed by atoms with Crippen molar-refractivity contribution in [3.63, 3.8) is 0 Å². The molecule has 0 aromatic heterocycles. The third kappa shape index (κ3) is 6.58. The molecule has 4 rings (SSSR count). The molecule has 0 spiro atoms. The molecule has 10 heteroatoms. The van der Waals surface area contributed by atoms with Gasteiger partial charge in [-0.1, -0.05) is 36.4 Å². The molecule has 3 amide bonds. The zero-order valence-electron chi connectivity index (χ0n) is 19.7. The Morgan fingerprint density at radius 1 is 1.05 bits per heavy atom. The van der Waals surface area contributed by atoms with Gasteiger partial charge in [0, 0.05) is 10.0 Å². The van der Waals surface area contributed by atoms with Gasteiger partial charge in [-0.2, -0.15) is 0 Å². The lowest BCUT2D eigenvalue weighted by molar-refractivity contribution is -0.127. The van der Waals surface area contributed by atoms with E-state index < -0.39 is 23.6 Å². The van der Waals surface area contributed by atoms with Crippen molar-refractivity contribution in [2.24, 2.45) is 0 Å². The van der Waals surface area contributed by atoms with Gasteiger partial charge >= 0.3 is 0 Å². The topological polar surface area (TPSA) is 84.9 Å². The van der Waals surface area contributed by atoms with Gasteiger partial charge in [0.05, 0.1) is 17.2 Å². The van der Waals surface area contributed by atoms with Crippen LogP contribution in [0.25, 0.3) is 6.08 Å². The van der Waals surface area contributed by atoms with Crippen molar-refractivity contribution >= 4 is 56.5 Å². The number of hydrogen-bond donors (Lipinski definition) is 1. The Morgan fingerprint density at radius 3 is 2.57 bits per heavy atom. The number of ether oxygens (including phenoxy) is 2. The van der Waals surface area contributed by atoms with E-state index in [1.54, 1.807) is 66.7 Å². The number of carbonyl (C=O) groups is 3. The first kappa shape index (κ1) is 26.4. The predicted molar refractivity (Wildman–Crippen MR) is 144 cm³/mol. The average molecular weight is 585 g/mol. The molecule has 1 saturated heterocycles. The van der Waals surface area contributed by atoms with Crippen LogP contribution in [-0.4, -0.2) is 35.1 Å². The van der Waals surface area contributed by atoms with Gasteiger partial charge < -0.3 is 14.8 Å². The molecule has 0 atom stereocenters. The second kappa shape index (κ2) is 12.1. The highest BCUT2D eigenvalue weighted by molar-refractivity contribution is 9.10. The number of para-hydroxylation sites is 1. The van der Waals surface area contributed by atoms with Gasteiger partial charge in [0.25, 0.3) is 11.1 Å². The Hall–Kier alpha value is -3.63. The number of benzene rings is 3. The van der Waals surface area contributed by atoms with Crippen molar-refractivity contribution in [3.8, 4) is 11.5 Å². The Labute approximate surface area is 225 Å². The van der Waals surface area contributed by atoms with Gasteiger partial charge in [0.2, 0.25) is 5.91 Å². The minimum Gasteiger partial charge on any atom is -0.490 e. The van der Waals surface area contributed by atoms with Crippen LogP contribution < -0.4 is 14.8 Å². The Kier molecular flexibility index (Phi) is 8.62. The summed E-state index contributed by atoms with van der Waals surface area (Å²) in [6, 6.07) is 18.4. The predicted octanol–water partition coefficient (Wildman–Crippen LogP) is 6.24. The van der Waals surface area contributed by atoms with Crippen LogP contribution in [0.1, 0.15) is 18.1 Å².